The summed E-state index contributed by atoms with van der Waals surface area (Å²) in [5.41, 5.74) is 1.61. The molecule has 2 rings (SSSR count). The highest BCUT2D eigenvalue weighted by atomic mass is 16.4. The van der Waals surface area contributed by atoms with Crippen LogP contribution < -0.4 is 10.4 Å². The number of nitrogens with one attached hydrogen (secondary N) is 1. The molecule has 2 N–H and O–H groups in total. The number of benzene rings is 1. The van der Waals surface area contributed by atoms with Crippen LogP contribution in [0.3, 0.4) is 0 Å². The molecule has 1 heterocycles. The first-order chi connectivity index (χ1) is 8.97. The molecule has 100 valence electrons. The van der Waals surface area contributed by atoms with Gasteiger partial charge in [0.2, 0.25) is 5.91 Å². The zero-order valence-corrected chi connectivity index (χ0v) is 10.0. The van der Waals surface area contributed by atoms with E-state index in [9.17, 15) is 19.5 Å². The average molecular weight is 262 g/mol. The van der Waals surface area contributed by atoms with Crippen molar-refractivity contribution in [3.8, 4) is 0 Å². The number of amides is 1. The van der Waals surface area contributed by atoms with Crippen LogP contribution in [0.2, 0.25) is 0 Å². The molecule has 1 atom stereocenters. The number of fused-ring (bicyclic) bond motifs is 1. The Morgan fingerprint density at radius 1 is 1.37 bits per heavy atom. The Kier molecular flexibility index (Phi) is 3.50. The Morgan fingerprint density at radius 2 is 2.11 bits per heavy atom. The van der Waals surface area contributed by atoms with Gasteiger partial charge in [0.05, 0.1) is 5.56 Å². The fourth-order valence-corrected chi connectivity index (χ4v) is 2.17. The number of carboxylic acid groups (broad SMARTS) is 2. The number of carboxylic acids is 2. The molecule has 1 aromatic carbocycles. The van der Waals surface area contributed by atoms with Crippen molar-refractivity contribution in [2.45, 2.75) is 19.4 Å². The first kappa shape index (κ1) is 13.1. The Bertz CT molecular complexity index is 552. The molecule has 19 heavy (non-hydrogen) atoms. The third-order valence-corrected chi connectivity index (χ3v) is 3.16. The molecule has 0 bridgehead atoms. The van der Waals surface area contributed by atoms with Gasteiger partial charge in [-0.1, -0.05) is 6.07 Å². The van der Waals surface area contributed by atoms with E-state index in [0.29, 0.717) is 5.56 Å². The van der Waals surface area contributed by atoms with E-state index in [1.165, 1.54) is 12.1 Å². The van der Waals surface area contributed by atoms with Crippen LogP contribution in [-0.4, -0.2) is 23.0 Å². The van der Waals surface area contributed by atoms with E-state index in [4.69, 9.17) is 5.11 Å². The number of aromatic carboxylic acids is 1. The lowest BCUT2D eigenvalue weighted by Gasteiger charge is -2.13. The highest BCUT2D eigenvalue weighted by molar-refractivity contribution is 5.88. The van der Waals surface area contributed by atoms with Gasteiger partial charge in [-0.05, 0) is 36.1 Å². The van der Waals surface area contributed by atoms with Crippen LogP contribution >= 0.6 is 0 Å². The van der Waals surface area contributed by atoms with Crippen LogP contribution in [0.15, 0.2) is 18.2 Å². The molecule has 1 unspecified atom stereocenters. The molecular weight excluding hydrogens is 250 g/mol. The van der Waals surface area contributed by atoms with Crippen molar-refractivity contribution < 1.29 is 24.6 Å². The molecule has 1 aliphatic heterocycles. The second-order valence-corrected chi connectivity index (χ2v) is 4.48. The van der Waals surface area contributed by atoms with E-state index < -0.39 is 17.9 Å². The van der Waals surface area contributed by atoms with Crippen molar-refractivity contribution >= 4 is 17.8 Å². The molecule has 0 saturated carbocycles. The van der Waals surface area contributed by atoms with Gasteiger partial charge in [-0.15, -0.1) is 0 Å². The van der Waals surface area contributed by atoms with Crippen molar-refractivity contribution in [3.63, 3.8) is 0 Å². The zero-order valence-electron chi connectivity index (χ0n) is 10.0. The van der Waals surface area contributed by atoms with Crippen LogP contribution in [-0.2, 0) is 22.6 Å². The second-order valence-electron chi connectivity index (χ2n) is 4.48. The van der Waals surface area contributed by atoms with Gasteiger partial charge in [-0.2, -0.15) is 0 Å². The maximum absolute atomic E-state index is 11.7. The minimum Gasteiger partial charge on any atom is -0.550 e. The normalized spacial score (nSPS) is 18.1. The van der Waals surface area contributed by atoms with E-state index >= 15 is 0 Å². The Balaban J connectivity index is 2.32. The van der Waals surface area contributed by atoms with Gasteiger partial charge in [0, 0.05) is 18.4 Å². The molecule has 6 heteroatoms. The number of carbonyl (C=O) groups is 3. The van der Waals surface area contributed by atoms with Crippen LogP contribution in [0.25, 0.3) is 0 Å². The predicted molar refractivity (Wildman–Crippen MR) is 62.1 cm³/mol. The summed E-state index contributed by atoms with van der Waals surface area (Å²) in [6.07, 6.45) is -0.168. The third kappa shape index (κ3) is 2.90. The van der Waals surface area contributed by atoms with Crippen LogP contribution in [0.1, 0.15) is 27.9 Å². The molecule has 6 nitrogen and oxygen atoms in total. The van der Waals surface area contributed by atoms with Crippen molar-refractivity contribution in [1.82, 2.24) is 5.32 Å². The monoisotopic (exact) mass is 262 g/mol. The molecular formula is C13H12NO5-. The quantitative estimate of drug-likeness (QED) is 0.750. The first-order valence-corrected chi connectivity index (χ1v) is 5.80. The van der Waals surface area contributed by atoms with Crippen molar-refractivity contribution in [3.05, 3.63) is 34.9 Å². The Hall–Kier alpha value is -2.37. The lowest BCUT2D eigenvalue weighted by molar-refractivity contribution is -0.306. The molecule has 0 spiro atoms. The maximum atomic E-state index is 11.7. The van der Waals surface area contributed by atoms with Gasteiger partial charge < -0.3 is 20.3 Å². The molecule has 0 radical (unpaired) electrons. The third-order valence-electron chi connectivity index (χ3n) is 3.16. The van der Waals surface area contributed by atoms with Gasteiger partial charge in [-0.3, -0.25) is 4.79 Å². The number of rotatable bonds is 3. The highest BCUT2D eigenvalue weighted by Gasteiger charge is 2.24. The van der Waals surface area contributed by atoms with E-state index in [2.05, 4.69) is 5.32 Å². The lowest BCUT2D eigenvalue weighted by atomic mass is 9.93. The van der Waals surface area contributed by atoms with Crippen LogP contribution in [0, 0.1) is 5.92 Å². The summed E-state index contributed by atoms with van der Waals surface area (Å²) in [7, 11) is 0. The fraction of sp³-hybridized carbons (Fsp3) is 0.308. The van der Waals surface area contributed by atoms with E-state index in [-0.39, 0.29) is 30.9 Å². The van der Waals surface area contributed by atoms with E-state index in [0.717, 1.165) is 5.56 Å². The van der Waals surface area contributed by atoms with E-state index in [1.54, 1.807) is 6.07 Å². The Labute approximate surface area is 109 Å². The second kappa shape index (κ2) is 5.09. The summed E-state index contributed by atoms with van der Waals surface area (Å²) in [4.78, 5) is 33.3. The smallest absolute Gasteiger partial charge is 0.335 e. The number of carbonyl (C=O) groups excluding carboxylic acids is 2. The van der Waals surface area contributed by atoms with Crippen molar-refractivity contribution in [2.75, 3.05) is 0 Å². The number of hydrogen-bond acceptors (Lipinski definition) is 4. The topological polar surface area (TPSA) is 107 Å². The Morgan fingerprint density at radius 3 is 2.74 bits per heavy atom. The largest absolute Gasteiger partial charge is 0.550 e. The first-order valence-electron chi connectivity index (χ1n) is 5.80. The summed E-state index contributed by atoms with van der Waals surface area (Å²) >= 11 is 0. The van der Waals surface area contributed by atoms with Gasteiger partial charge >= 0.3 is 5.97 Å². The average Bonchev–Trinajstić information content (AvgIpc) is 2.48. The summed E-state index contributed by atoms with van der Waals surface area (Å²) in [6, 6.07) is 4.59. The minimum atomic E-state index is -1.29. The van der Waals surface area contributed by atoms with Crippen LogP contribution in [0.4, 0.5) is 0 Å². The molecule has 0 aromatic heterocycles. The molecule has 1 amide bonds. The lowest BCUT2D eigenvalue weighted by Crippen LogP contribution is -2.34. The van der Waals surface area contributed by atoms with Gasteiger partial charge in [-0.25, -0.2) is 4.79 Å². The minimum absolute atomic E-state index is 0.125. The molecule has 1 aromatic rings. The van der Waals surface area contributed by atoms with Crippen molar-refractivity contribution in [1.29, 1.82) is 0 Å². The zero-order chi connectivity index (χ0) is 14.0. The van der Waals surface area contributed by atoms with E-state index in [1.807, 2.05) is 0 Å². The van der Waals surface area contributed by atoms with Crippen molar-refractivity contribution in [2.24, 2.45) is 5.92 Å². The standard InChI is InChI=1S/C13H13NO5/c15-11(16)5-10-4-9-3-7(13(18)19)1-2-8(9)6-14-12(10)17/h1-3,10H,4-6H2,(H,14,17)(H,15,16)(H,18,19)/p-1. The number of hydrogen-bond donors (Lipinski definition) is 2. The van der Waals surface area contributed by atoms with Gasteiger partial charge in [0.1, 0.15) is 0 Å². The summed E-state index contributed by atoms with van der Waals surface area (Å²) in [5.74, 6) is -3.42. The molecule has 0 aliphatic carbocycles. The summed E-state index contributed by atoms with van der Waals surface area (Å²) < 4.78 is 0. The molecule has 0 fully saturated rings. The summed E-state index contributed by atoms with van der Waals surface area (Å²) in [5, 5.41) is 22.2. The van der Waals surface area contributed by atoms with Crippen LogP contribution in [0.5, 0.6) is 0 Å². The highest BCUT2D eigenvalue weighted by Crippen LogP contribution is 2.21. The van der Waals surface area contributed by atoms with Gasteiger partial charge in [0.15, 0.2) is 0 Å². The number of aliphatic carboxylic acids is 1. The summed E-state index contributed by atoms with van der Waals surface area (Å²) in [6.45, 7) is 0.275. The SMILES string of the molecule is O=C([O-])CC1Cc2cc(C(=O)O)ccc2CNC1=O. The molecule has 1 aliphatic rings. The maximum Gasteiger partial charge on any atom is 0.335 e. The fourth-order valence-electron chi connectivity index (χ4n) is 2.17. The predicted octanol–water partition coefficient (Wildman–Crippen LogP) is -0.687. The van der Waals surface area contributed by atoms with Gasteiger partial charge in [0.25, 0.3) is 0 Å². The molecule has 0 saturated heterocycles.